The zero-order chi connectivity index (χ0) is 22.5. The SMILES string of the molecule is COc1ccc(/C=C/C(=O)OCC(=O)Nc2c3c(nc4ccccc24)CCCC3)cc1O. The average Bonchev–Trinajstić information content (AvgIpc) is 2.81. The second-order valence-corrected chi connectivity index (χ2v) is 7.56. The highest BCUT2D eigenvalue weighted by atomic mass is 16.5. The van der Waals surface area contributed by atoms with Gasteiger partial charge in [0.15, 0.2) is 18.1 Å². The molecule has 1 aliphatic carbocycles. The van der Waals surface area contributed by atoms with Gasteiger partial charge in [-0.05, 0) is 61.1 Å². The van der Waals surface area contributed by atoms with Crippen LogP contribution in [0.25, 0.3) is 17.0 Å². The number of nitrogens with one attached hydrogen (secondary N) is 1. The molecule has 0 fully saturated rings. The van der Waals surface area contributed by atoms with E-state index >= 15 is 0 Å². The number of hydrogen-bond donors (Lipinski definition) is 2. The van der Waals surface area contributed by atoms with E-state index in [1.54, 1.807) is 12.1 Å². The summed E-state index contributed by atoms with van der Waals surface area (Å²) in [7, 11) is 1.46. The number of benzene rings is 2. The molecule has 0 radical (unpaired) electrons. The lowest BCUT2D eigenvalue weighted by atomic mass is 9.92. The predicted molar refractivity (Wildman–Crippen MR) is 122 cm³/mol. The molecule has 3 aromatic rings. The number of aromatic nitrogens is 1. The molecule has 0 saturated heterocycles. The van der Waals surface area contributed by atoms with Crippen LogP contribution >= 0.6 is 0 Å². The van der Waals surface area contributed by atoms with Gasteiger partial charge in [0.25, 0.3) is 5.91 Å². The monoisotopic (exact) mass is 432 g/mol. The lowest BCUT2D eigenvalue weighted by Gasteiger charge is -2.21. The summed E-state index contributed by atoms with van der Waals surface area (Å²) in [5.74, 6) is -0.752. The summed E-state index contributed by atoms with van der Waals surface area (Å²) in [6.45, 7) is -0.400. The highest BCUT2D eigenvalue weighted by Crippen LogP contribution is 2.33. The average molecular weight is 432 g/mol. The molecule has 164 valence electrons. The summed E-state index contributed by atoms with van der Waals surface area (Å²) in [5.41, 5.74) is 4.28. The number of anilines is 1. The Morgan fingerprint density at radius 1 is 1.16 bits per heavy atom. The molecule has 0 spiro atoms. The lowest BCUT2D eigenvalue weighted by Crippen LogP contribution is -2.22. The lowest BCUT2D eigenvalue weighted by molar-refractivity contribution is -0.142. The van der Waals surface area contributed by atoms with Gasteiger partial charge in [0.05, 0.1) is 18.3 Å². The van der Waals surface area contributed by atoms with E-state index in [0.29, 0.717) is 11.3 Å². The number of amides is 1. The Labute approximate surface area is 185 Å². The molecule has 1 amide bonds. The number of aryl methyl sites for hydroxylation is 1. The van der Waals surface area contributed by atoms with Gasteiger partial charge < -0.3 is 19.9 Å². The van der Waals surface area contributed by atoms with Crippen molar-refractivity contribution in [1.82, 2.24) is 4.98 Å². The number of carbonyl (C=O) groups excluding carboxylic acids is 2. The number of fused-ring (bicyclic) bond motifs is 2. The smallest absolute Gasteiger partial charge is 0.331 e. The summed E-state index contributed by atoms with van der Waals surface area (Å²) in [6, 6.07) is 12.4. The zero-order valence-corrected chi connectivity index (χ0v) is 17.8. The number of pyridine rings is 1. The fourth-order valence-electron chi connectivity index (χ4n) is 3.85. The Morgan fingerprint density at radius 3 is 2.78 bits per heavy atom. The number of phenolic OH excluding ortho intramolecular Hbond substituents is 1. The highest BCUT2D eigenvalue weighted by molar-refractivity contribution is 6.03. The maximum Gasteiger partial charge on any atom is 0.331 e. The molecule has 2 N–H and O–H groups in total. The van der Waals surface area contributed by atoms with E-state index in [4.69, 9.17) is 14.5 Å². The quantitative estimate of drug-likeness (QED) is 0.451. The summed E-state index contributed by atoms with van der Waals surface area (Å²) in [5, 5.41) is 13.6. The molecule has 7 heteroatoms. The van der Waals surface area contributed by atoms with Gasteiger partial charge >= 0.3 is 5.97 Å². The second-order valence-electron chi connectivity index (χ2n) is 7.56. The normalized spacial score (nSPS) is 13.0. The first kappa shape index (κ1) is 21.4. The van der Waals surface area contributed by atoms with Crippen LogP contribution in [0, 0.1) is 0 Å². The Hall–Kier alpha value is -3.87. The van der Waals surface area contributed by atoms with Crippen LogP contribution < -0.4 is 10.1 Å². The highest BCUT2D eigenvalue weighted by Gasteiger charge is 2.19. The van der Waals surface area contributed by atoms with Crippen molar-refractivity contribution in [3.63, 3.8) is 0 Å². The Kier molecular flexibility index (Phi) is 6.35. The number of rotatable bonds is 6. The van der Waals surface area contributed by atoms with E-state index in [1.165, 1.54) is 25.3 Å². The molecule has 32 heavy (non-hydrogen) atoms. The molecule has 1 heterocycles. The van der Waals surface area contributed by atoms with Gasteiger partial charge in [0.1, 0.15) is 0 Å². The largest absolute Gasteiger partial charge is 0.504 e. The number of phenols is 1. The van der Waals surface area contributed by atoms with Crippen molar-refractivity contribution >= 4 is 34.5 Å². The number of esters is 1. The molecule has 0 saturated carbocycles. The maximum atomic E-state index is 12.6. The van der Waals surface area contributed by atoms with Gasteiger partial charge in [-0.2, -0.15) is 0 Å². The van der Waals surface area contributed by atoms with E-state index in [1.807, 2.05) is 24.3 Å². The number of methoxy groups -OCH3 is 1. The van der Waals surface area contributed by atoms with Crippen LogP contribution in [0.1, 0.15) is 29.7 Å². The van der Waals surface area contributed by atoms with Gasteiger partial charge in [0.2, 0.25) is 0 Å². The van der Waals surface area contributed by atoms with E-state index in [2.05, 4.69) is 5.32 Å². The summed E-state index contributed by atoms with van der Waals surface area (Å²) < 4.78 is 10.1. The van der Waals surface area contributed by atoms with Crippen LogP contribution in [-0.4, -0.2) is 35.7 Å². The summed E-state index contributed by atoms with van der Waals surface area (Å²) in [6.07, 6.45) is 6.59. The Morgan fingerprint density at radius 2 is 1.97 bits per heavy atom. The number of carbonyl (C=O) groups is 2. The minimum Gasteiger partial charge on any atom is -0.504 e. The van der Waals surface area contributed by atoms with Gasteiger partial charge in [-0.15, -0.1) is 0 Å². The van der Waals surface area contributed by atoms with Crippen molar-refractivity contribution in [2.24, 2.45) is 0 Å². The number of hydrogen-bond acceptors (Lipinski definition) is 6. The van der Waals surface area contributed by atoms with Gasteiger partial charge in [-0.25, -0.2) is 4.79 Å². The number of nitrogens with zero attached hydrogens (tertiary/aromatic N) is 1. The van der Waals surface area contributed by atoms with Crippen molar-refractivity contribution in [3.8, 4) is 11.5 Å². The molecule has 0 atom stereocenters. The minimum atomic E-state index is -0.655. The molecule has 2 aromatic carbocycles. The van der Waals surface area contributed by atoms with Crippen LogP contribution in [0.4, 0.5) is 5.69 Å². The number of aromatic hydroxyl groups is 1. The molecule has 4 rings (SSSR count). The van der Waals surface area contributed by atoms with E-state index in [0.717, 1.165) is 53.5 Å². The van der Waals surface area contributed by atoms with Crippen molar-refractivity contribution in [2.45, 2.75) is 25.7 Å². The first-order valence-corrected chi connectivity index (χ1v) is 10.5. The van der Waals surface area contributed by atoms with Gasteiger partial charge in [0, 0.05) is 17.2 Å². The summed E-state index contributed by atoms with van der Waals surface area (Å²) >= 11 is 0. The first-order valence-electron chi connectivity index (χ1n) is 10.5. The van der Waals surface area contributed by atoms with E-state index < -0.39 is 18.5 Å². The van der Waals surface area contributed by atoms with Crippen LogP contribution in [-0.2, 0) is 27.2 Å². The fraction of sp³-hybridized carbons (Fsp3) is 0.240. The molecule has 1 aromatic heterocycles. The molecule has 7 nitrogen and oxygen atoms in total. The van der Waals surface area contributed by atoms with Crippen LogP contribution in [0.5, 0.6) is 11.5 Å². The van der Waals surface area contributed by atoms with Crippen molar-refractivity contribution in [2.75, 3.05) is 19.0 Å². The van der Waals surface area contributed by atoms with Crippen molar-refractivity contribution in [1.29, 1.82) is 0 Å². The third-order valence-corrected chi connectivity index (χ3v) is 5.39. The third-order valence-electron chi connectivity index (χ3n) is 5.39. The van der Waals surface area contributed by atoms with Crippen LogP contribution in [0.3, 0.4) is 0 Å². The van der Waals surface area contributed by atoms with Gasteiger partial charge in [-0.3, -0.25) is 9.78 Å². The standard InChI is InChI=1S/C25H24N2O5/c1-31-22-12-10-16(14-21(22)28)11-13-24(30)32-15-23(29)27-25-17-6-2-4-8-19(17)26-20-9-5-3-7-18(20)25/h2,4,6,8,10-14,28H,3,5,7,9,15H2,1H3,(H,26,27,29)/b13-11+. The van der Waals surface area contributed by atoms with Crippen LogP contribution in [0.2, 0.25) is 0 Å². The minimum absolute atomic E-state index is 0.0321. The maximum absolute atomic E-state index is 12.6. The fourth-order valence-corrected chi connectivity index (χ4v) is 3.85. The molecule has 0 aliphatic heterocycles. The van der Waals surface area contributed by atoms with Gasteiger partial charge in [-0.1, -0.05) is 24.3 Å². The Bertz CT molecular complexity index is 1200. The number of para-hydroxylation sites is 1. The predicted octanol–water partition coefficient (Wildman–Crippen LogP) is 4.02. The van der Waals surface area contributed by atoms with Crippen molar-refractivity contribution < 1.29 is 24.2 Å². The molecule has 0 unspecified atom stereocenters. The summed E-state index contributed by atoms with van der Waals surface area (Å²) in [4.78, 5) is 29.4. The number of ether oxygens (including phenoxy) is 2. The molecular formula is C25H24N2O5. The van der Waals surface area contributed by atoms with E-state index in [-0.39, 0.29) is 5.75 Å². The van der Waals surface area contributed by atoms with Crippen LogP contribution in [0.15, 0.2) is 48.5 Å². The topological polar surface area (TPSA) is 97.8 Å². The molecular weight excluding hydrogens is 408 g/mol. The third kappa shape index (κ3) is 4.72. The first-order chi connectivity index (χ1) is 15.5. The second kappa shape index (κ2) is 9.51. The van der Waals surface area contributed by atoms with Crippen molar-refractivity contribution in [3.05, 3.63) is 65.4 Å². The Balaban J connectivity index is 1.42. The zero-order valence-electron chi connectivity index (χ0n) is 17.8. The molecule has 0 bridgehead atoms. The van der Waals surface area contributed by atoms with E-state index in [9.17, 15) is 14.7 Å². The molecule has 1 aliphatic rings.